The van der Waals surface area contributed by atoms with E-state index in [1.54, 1.807) is 0 Å². The molecular weight excluding hydrogens is 312 g/mol. The molecule has 0 amide bonds. The number of hydrogen-bond acceptors (Lipinski definition) is 1. The van der Waals surface area contributed by atoms with Crippen LogP contribution in [0.15, 0.2) is 10.5 Å². The maximum atomic E-state index is 5.80. The summed E-state index contributed by atoms with van der Waals surface area (Å²) < 4.78 is 5.80. The van der Waals surface area contributed by atoms with Crippen LogP contribution in [0.2, 0.25) is 19.6 Å². The summed E-state index contributed by atoms with van der Waals surface area (Å²) in [6.07, 6.45) is 0. The van der Waals surface area contributed by atoms with Gasteiger partial charge < -0.3 is 4.42 Å². The largest absolute Gasteiger partial charge is 0.470 e. The number of rotatable bonds is 3. The first-order chi connectivity index (χ1) is 5.99. The van der Waals surface area contributed by atoms with E-state index in [1.165, 1.54) is 10.9 Å². The van der Waals surface area contributed by atoms with Crippen molar-refractivity contribution in [3.8, 4) is 0 Å². The van der Waals surface area contributed by atoms with Crippen LogP contribution in [0, 0.1) is 0 Å². The molecule has 1 aromatic rings. The van der Waals surface area contributed by atoms with E-state index in [4.69, 9.17) is 4.42 Å². The van der Waals surface area contributed by atoms with Gasteiger partial charge in [-0.05, 0) is 6.07 Å². The number of alkyl halides is 2. The Balaban J connectivity index is 3.07. The second-order valence-electron chi connectivity index (χ2n) is 4.08. The van der Waals surface area contributed by atoms with Crippen LogP contribution in [0.5, 0.6) is 0 Å². The third-order valence-electron chi connectivity index (χ3n) is 1.90. The fourth-order valence-corrected chi connectivity index (χ4v) is 3.05. The van der Waals surface area contributed by atoms with Gasteiger partial charge in [-0.1, -0.05) is 51.5 Å². The molecule has 0 saturated carbocycles. The Labute approximate surface area is 97.2 Å². The van der Waals surface area contributed by atoms with E-state index >= 15 is 0 Å². The van der Waals surface area contributed by atoms with Crippen molar-refractivity contribution in [2.45, 2.75) is 30.3 Å². The molecule has 0 atom stereocenters. The number of hydrogen-bond donors (Lipinski definition) is 0. The van der Waals surface area contributed by atoms with Crippen LogP contribution >= 0.6 is 31.9 Å². The summed E-state index contributed by atoms with van der Waals surface area (Å²) in [6.45, 7) is 6.88. The van der Waals surface area contributed by atoms with Gasteiger partial charge in [-0.3, -0.25) is 0 Å². The SMILES string of the molecule is C[Si](C)(C)c1cc(CBr)c(CBr)o1. The van der Waals surface area contributed by atoms with Crippen molar-refractivity contribution in [1.82, 2.24) is 0 Å². The van der Waals surface area contributed by atoms with Gasteiger partial charge in [0.2, 0.25) is 0 Å². The van der Waals surface area contributed by atoms with E-state index in [1.807, 2.05) is 0 Å². The monoisotopic (exact) mass is 324 g/mol. The molecule has 74 valence electrons. The van der Waals surface area contributed by atoms with Gasteiger partial charge in [0, 0.05) is 10.9 Å². The van der Waals surface area contributed by atoms with E-state index in [0.29, 0.717) is 0 Å². The molecule has 1 rings (SSSR count). The molecule has 1 heterocycles. The molecule has 1 aromatic heterocycles. The highest BCUT2D eigenvalue weighted by Gasteiger charge is 2.22. The first-order valence-corrected chi connectivity index (χ1v) is 9.97. The fourth-order valence-electron chi connectivity index (χ4n) is 1.06. The Morgan fingerprint density at radius 2 is 1.85 bits per heavy atom. The Hall–Kier alpha value is 0.457. The van der Waals surface area contributed by atoms with Crippen LogP contribution in [0.3, 0.4) is 0 Å². The molecule has 0 N–H and O–H groups in total. The van der Waals surface area contributed by atoms with Crippen LogP contribution in [0.25, 0.3) is 0 Å². The van der Waals surface area contributed by atoms with Crippen molar-refractivity contribution in [3.63, 3.8) is 0 Å². The van der Waals surface area contributed by atoms with Crippen LogP contribution in [0.4, 0.5) is 0 Å². The zero-order valence-corrected chi connectivity index (χ0v) is 12.3. The zero-order valence-electron chi connectivity index (χ0n) is 8.16. The molecule has 0 saturated heterocycles. The average molecular weight is 326 g/mol. The van der Waals surface area contributed by atoms with Crippen molar-refractivity contribution in [2.75, 3.05) is 0 Å². The molecule has 0 aromatic carbocycles. The smallest absolute Gasteiger partial charge is 0.123 e. The highest BCUT2D eigenvalue weighted by molar-refractivity contribution is 9.09. The van der Waals surface area contributed by atoms with Crippen molar-refractivity contribution in [2.24, 2.45) is 0 Å². The molecule has 0 unspecified atom stereocenters. The lowest BCUT2D eigenvalue weighted by atomic mass is 10.3. The number of furan rings is 1. The summed E-state index contributed by atoms with van der Waals surface area (Å²) in [7, 11) is -1.28. The summed E-state index contributed by atoms with van der Waals surface area (Å²) >= 11 is 6.89. The van der Waals surface area contributed by atoms with Gasteiger partial charge in [0.25, 0.3) is 0 Å². The fraction of sp³-hybridized carbons (Fsp3) is 0.556. The average Bonchev–Trinajstić information content (AvgIpc) is 2.45. The number of halogens is 2. The topological polar surface area (TPSA) is 13.1 Å². The molecular formula is C9H14Br2OSi. The molecule has 0 bridgehead atoms. The summed E-state index contributed by atoms with van der Waals surface area (Å²) in [5, 5.41) is 2.87. The van der Waals surface area contributed by atoms with Crippen LogP contribution in [-0.4, -0.2) is 8.07 Å². The van der Waals surface area contributed by atoms with Gasteiger partial charge in [0.15, 0.2) is 0 Å². The molecule has 4 heteroatoms. The lowest BCUT2D eigenvalue weighted by molar-refractivity contribution is 0.556. The third-order valence-corrected chi connectivity index (χ3v) is 4.74. The van der Waals surface area contributed by atoms with Crippen LogP contribution < -0.4 is 5.38 Å². The lowest BCUT2D eigenvalue weighted by Gasteiger charge is -2.10. The summed E-state index contributed by atoms with van der Waals surface area (Å²) in [5.41, 5.74) is 1.27. The molecule has 0 spiro atoms. The normalized spacial score (nSPS) is 12.1. The van der Waals surface area contributed by atoms with E-state index in [0.717, 1.165) is 16.4 Å². The molecule has 0 aliphatic carbocycles. The minimum absolute atomic E-state index is 0.804. The Kier molecular flexibility index (Phi) is 3.83. The predicted octanol–water partition coefficient (Wildman–Crippen LogP) is 3.61. The second-order valence-corrected chi connectivity index (χ2v) is 10.2. The third kappa shape index (κ3) is 2.70. The maximum absolute atomic E-state index is 5.80. The predicted molar refractivity (Wildman–Crippen MR) is 67.0 cm³/mol. The van der Waals surface area contributed by atoms with Crippen molar-refractivity contribution in [1.29, 1.82) is 0 Å². The van der Waals surface area contributed by atoms with Gasteiger partial charge in [-0.25, -0.2) is 0 Å². The van der Waals surface area contributed by atoms with E-state index < -0.39 is 8.07 Å². The molecule has 0 aliphatic heterocycles. The molecule has 1 nitrogen and oxygen atoms in total. The quantitative estimate of drug-likeness (QED) is 0.611. The Bertz CT molecular complexity index is 267. The first-order valence-electron chi connectivity index (χ1n) is 4.23. The van der Waals surface area contributed by atoms with E-state index in [9.17, 15) is 0 Å². The highest BCUT2D eigenvalue weighted by atomic mass is 79.9. The molecule has 0 aliphatic rings. The van der Waals surface area contributed by atoms with Crippen LogP contribution in [-0.2, 0) is 10.7 Å². The minimum atomic E-state index is -1.28. The molecule has 0 radical (unpaired) electrons. The van der Waals surface area contributed by atoms with Crippen LogP contribution in [0.1, 0.15) is 11.3 Å². The lowest BCUT2D eigenvalue weighted by Crippen LogP contribution is -2.36. The van der Waals surface area contributed by atoms with E-state index in [2.05, 4.69) is 57.6 Å². The van der Waals surface area contributed by atoms with Gasteiger partial charge in [-0.2, -0.15) is 0 Å². The zero-order chi connectivity index (χ0) is 10.1. The highest BCUT2D eigenvalue weighted by Crippen LogP contribution is 2.18. The van der Waals surface area contributed by atoms with Crippen molar-refractivity contribution < 1.29 is 4.42 Å². The van der Waals surface area contributed by atoms with Gasteiger partial charge in [0.1, 0.15) is 13.8 Å². The second kappa shape index (κ2) is 4.32. The standard InChI is InChI=1S/C9H14Br2OSi/c1-13(2,3)9-4-7(5-10)8(6-11)12-9/h4H,5-6H2,1-3H3. The van der Waals surface area contributed by atoms with Gasteiger partial charge in [-0.15, -0.1) is 0 Å². The molecule has 0 fully saturated rings. The van der Waals surface area contributed by atoms with Gasteiger partial charge in [0.05, 0.1) is 10.7 Å². The minimum Gasteiger partial charge on any atom is -0.470 e. The summed E-state index contributed by atoms with van der Waals surface area (Å²) in [5.74, 6) is 1.06. The Morgan fingerprint density at radius 1 is 1.23 bits per heavy atom. The first kappa shape index (κ1) is 11.5. The summed E-state index contributed by atoms with van der Waals surface area (Å²) in [6, 6.07) is 2.19. The van der Waals surface area contributed by atoms with Crippen molar-refractivity contribution >= 4 is 45.3 Å². The maximum Gasteiger partial charge on any atom is 0.123 e. The van der Waals surface area contributed by atoms with Gasteiger partial charge >= 0.3 is 0 Å². The summed E-state index contributed by atoms with van der Waals surface area (Å²) in [4.78, 5) is 0. The van der Waals surface area contributed by atoms with E-state index in [-0.39, 0.29) is 0 Å². The molecule has 13 heavy (non-hydrogen) atoms. The Morgan fingerprint density at radius 3 is 2.15 bits per heavy atom. The van der Waals surface area contributed by atoms with Crippen molar-refractivity contribution in [3.05, 3.63) is 17.4 Å².